The Kier molecular flexibility index (Phi) is 14.4. The number of carbonyl (C=O) groups excluding carboxylic acids is 4. The van der Waals surface area contributed by atoms with Crippen molar-refractivity contribution < 1.29 is 23.9 Å². The summed E-state index contributed by atoms with van der Waals surface area (Å²) >= 11 is 0. The molecule has 0 aromatic heterocycles. The summed E-state index contributed by atoms with van der Waals surface area (Å²) in [4.78, 5) is 54.4. The van der Waals surface area contributed by atoms with Crippen LogP contribution >= 0.6 is 0 Å². The number of nitrogens with one attached hydrogen (secondary N) is 3. The zero-order valence-electron chi connectivity index (χ0n) is 23.3. The molecule has 3 amide bonds. The number of ether oxygens (including phenoxy) is 1. The minimum absolute atomic E-state index is 0.161. The average molecular weight is 520 g/mol. The van der Waals surface area contributed by atoms with Crippen LogP contribution in [0.15, 0.2) is 29.3 Å². The van der Waals surface area contributed by atoms with E-state index in [9.17, 15) is 19.2 Å². The molecule has 0 unspecified atom stereocenters. The number of nitrogens with zero attached hydrogens (tertiary/aromatic N) is 2. The van der Waals surface area contributed by atoms with E-state index in [-0.39, 0.29) is 17.7 Å². The van der Waals surface area contributed by atoms with Crippen molar-refractivity contribution in [3.05, 3.63) is 24.3 Å². The molecule has 1 rings (SSSR count). The number of hydrogen-bond donors (Lipinski definition) is 3. The van der Waals surface area contributed by atoms with Gasteiger partial charge in [-0.25, -0.2) is 5.43 Å². The van der Waals surface area contributed by atoms with Gasteiger partial charge in [0.15, 0.2) is 0 Å². The van der Waals surface area contributed by atoms with Crippen LogP contribution in [-0.2, 0) is 23.9 Å². The summed E-state index contributed by atoms with van der Waals surface area (Å²) in [7, 11) is 3.07. The summed E-state index contributed by atoms with van der Waals surface area (Å²) in [6.07, 6.45) is 8.64. The summed E-state index contributed by atoms with van der Waals surface area (Å²) in [5.41, 5.74) is 4.94. The lowest BCUT2D eigenvalue weighted by atomic mass is 10.0. The summed E-state index contributed by atoms with van der Waals surface area (Å²) in [6.45, 7) is 11.4. The van der Waals surface area contributed by atoms with Gasteiger partial charge in [-0.1, -0.05) is 32.9 Å². The molecule has 0 aliphatic carbocycles. The first-order chi connectivity index (χ1) is 17.5. The summed E-state index contributed by atoms with van der Waals surface area (Å²) in [5.74, 6) is -1.57. The van der Waals surface area contributed by atoms with Gasteiger partial charge in [-0.3, -0.25) is 29.2 Å². The first kappa shape index (κ1) is 32.0. The van der Waals surface area contributed by atoms with Gasteiger partial charge in [0, 0.05) is 25.7 Å². The number of methoxy groups -OCH3 is 1. The molecule has 0 bridgehead atoms. The highest BCUT2D eigenvalue weighted by Crippen LogP contribution is 2.11. The van der Waals surface area contributed by atoms with Gasteiger partial charge in [-0.05, 0) is 63.5 Å². The van der Waals surface area contributed by atoms with Crippen molar-refractivity contribution in [3.63, 3.8) is 0 Å². The van der Waals surface area contributed by atoms with Gasteiger partial charge in [0.05, 0.1) is 7.11 Å². The highest BCUT2D eigenvalue weighted by Gasteiger charge is 2.32. The molecular formula is C27H45N5O5. The van der Waals surface area contributed by atoms with E-state index < -0.39 is 30.0 Å². The zero-order chi connectivity index (χ0) is 28.0. The molecule has 1 aliphatic rings. The number of hydrazine groups is 1. The Hall–Kier alpha value is -3.01. The van der Waals surface area contributed by atoms with E-state index in [4.69, 9.17) is 4.74 Å². The molecule has 3 N–H and O–H groups in total. The fourth-order valence-corrected chi connectivity index (χ4v) is 3.98. The second-order valence-corrected chi connectivity index (χ2v) is 9.72. The van der Waals surface area contributed by atoms with E-state index in [0.29, 0.717) is 32.2 Å². The van der Waals surface area contributed by atoms with Crippen LogP contribution in [-0.4, -0.2) is 73.2 Å². The van der Waals surface area contributed by atoms with Crippen molar-refractivity contribution in [2.24, 2.45) is 10.9 Å². The molecule has 0 aromatic rings. The Morgan fingerprint density at radius 1 is 1.14 bits per heavy atom. The maximum atomic E-state index is 12.9. The standard InChI is InChI=1S/C27H45N5O5/c1-8-19(4)17-21(28-6)13-10-9-11-15-23(33)30-24(18(2)3)25(34)29-20(5)26(35)32-16-12-14-22(31-32)27(36)37-7/h8,17-18,20,22,24,31H,1,9-16H2,2-7H3,(H,29,34)(H,30,33)/b19-17+,28-21?/t20-,22-,24-/m0/s1. The van der Waals surface area contributed by atoms with Crippen molar-refractivity contribution in [1.29, 1.82) is 0 Å². The highest BCUT2D eigenvalue weighted by atomic mass is 16.5. The molecule has 0 spiro atoms. The van der Waals surface area contributed by atoms with E-state index in [1.807, 2.05) is 26.8 Å². The van der Waals surface area contributed by atoms with Crippen LogP contribution in [0.2, 0.25) is 0 Å². The zero-order valence-corrected chi connectivity index (χ0v) is 23.3. The highest BCUT2D eigenvalue weighted by molar-refractivity contribution is 5.95. The number of rotatable bonds is 14. The Labute approximate surface area is 221 Å². The molecule has 10 heteroatoms. The van der Waals surface area contributed by atoms with Crippen LogP contribution < -0.4 is 16.1 Å². The SMILES string of the molecule is C=C/C(C)=C/C(CCCCCC(=O)N[C@H](C(=O)N[C@@H](C)C(=O)N1CCC[C@@H](C(=O)OC)N1)C(C)C)=NC. The maximum Gasteiger partial charge on any atom is 0.324 e. The lowest BCUT2D eigenvalue weighted by molar-refractivity contribution is -0.150. The minimum Gasteiger partial charge on any atom is -0.468 e. The smallest absolute Gasteiger partial charge is 0.324 e. The Morgan fingerprint density at radius 2 is 1.81 bits per heavy atom. The van der Waals surface area contributed by atoms with Crippen LogP contribution in [0, 0.1) is 5.92 Å². The molecule has 0 saturated carbocycles. The summed E-state index contributed by atoms with van der Waals surface area (Å²) < 4.78 is 4.75. The summed E-state index contributed by atoms with van der Waals surface area (Å²) in [5, 5.41) is 6.88. The van der Waals surface area contributed by atoms with Gasteiger partial charge < -0.3 is 15.4 Å². The molecule has 208 valence electrons. The molecule has 37 heavy (non-hydrogen) atoms. The molecule has 1 aliphatic heterocycles. The van der Waals surface area contributed by atoms with Crippen LogP contribution in [0.1, 0.15) is 72.6 Å². The van der Waals surface area contributed by atoms with Crippen molar-refractivity contribution in [3.8, 4) is 0 Å². The monoisotopic (exact) mass is 519 g/mol. The minimum atomic E-state index is -0.831. The van der Waals surface area contributed by atoms with Crippen LogP contribution in [0.3, 0.4) is 0 Å². The predicted octanol–water partition coefficient (Wildman–Crippen LogP) is 2.45. The molecular weight excluding hydrogens is 474 g/mol. The van der Waals surface area contributed by atoms with Gasteiger partial charge in [0.2, 0.25) is 11.8 Å². The topological polar surface area (TPSA) is 129 Å². The van der Waals surface area contributed by atoms with Gasteiger partial charge in [0.25, 0.3) is 5.91 Å². The maximum absolute atomic E-state index is 12.9. The van der Waals surface area contributed by atoms with Crippen LogP contribution in [0.25, 0.3) is 0 Å². The van der Waals surface area contributed by atoms with Gasteiger partial charge >= 0.3 is 5.97 Å². The first-order valence-corrected chi connectivity index (χ1v) is 13.1. The van der Waals surface area contributed by atoms with Gasteiger partial charge in [0.1, 0.15) is 18.1 Å². The second kappa shape index (κ2) is 16.7. The summed E-state index contributed by atoms with van der Waals surface area (Å²) in [6, 6.07) is -2.18. The van der Waals surface area contributed by atoms with E-state index in [0.717, 1.165) is 30.5 Å². The average Bonchev–Trinajstić information content (AvgIpc) is 2.89. The van der Waals surface area contributed by atoms with Gasteiger partial charge in [-0.2, -0.15) is 0 Å². The molecule has 0 radical (unpaired) electrons. The molecule has 0 aromatic carbocycles. The van der Waals surface area contributed by atoms with Crippen molar-refractivity contribution >= 4 is 29.4 Å². The van der Waals surface area contributed by atoms with Crippen LogP contribution in [0.5, 0.6) is 0 Å². The van der Waals surface area contributed by atoms with Crippen molar-refractivity contribution in [2.45, 2.75) is 90.8 Å². The Bertz CT molecular complexity index is 867. The first-order valence-electron chi connectivity index (χ1n) is 13.1. The predicted molar refractivity (Wildman–Crippen MR) is 145 cm³/mol. The third kappa shape index (κ3) is 11.3. The van der Waals surface area contributed by atoms with Gasteiger partial charge in [-0.15, -0.1) is 0 Å². The number of hydrogen-bond acceptors (Lipinski definition) is 7. The fourth-order valence-electron chi connectivity index (χ4n) is 3.98. The quantitative estimate of drug-likeness (QED) is 0.140. The number of unbranched alkanes of at least 4 members (excludes halogenated alkanes) is 2. The van der Waals surface area contributed by atoms with Crippen molar-refractivity contribution in [2.75, 3.05) is 20.7 Å². The lowest BCUT2D eigenvalue weighted by Crippen LogP contribution is -2.60. The number of allylic oxidation sites excluding steroid dienone is 3. The molecule has 1 heterocycles. The largest absolute Gasteiger partial charge is 0.468 e. The molecule has 1 saturated heterocycles. The number of carbonyl (C=O) groups is 4. The molecule has 3 atom stereocenters. The van der Waals surface area contributed by atoms with E-state index in [2.05, 4.69) is 27.6 Å². The van der Waals surface area contributed by atoms with E-state index in [1.165, 1.54) is 12.1 Å². The Balaban J connectivity index is 2.53. The number of aliphatic imine (C=N–C) groups is 1. The third-order valence-corrected chi connectivity index (χ3v) is 6.27. The lowest BCUT2D eigenvalue weighted by Gasteiger charge is -2.34. The normalized spacial score (nSPS) is 18.1. The van der Waals surface area contributed by atoms with Crippen LogP contribution in [0.4, 0.5) is 0 Å². The fraction of sp³-hybridized carbons (Fsp3) is 0.667. The third-order valence-electron chi connectivity index (χ3n) is 6.27. The Morgan fingerprint density at radius 3 is 2.41 bits per heavy atom. The number of esters is 1. The number of amides is 3. The second-order valence-electron chi connectivity index (χ2n) is 9.72. The molecule has 1 fully saturated rings. The van der Waals surface area contributed by atoms with E-state index >= 15 is 0 Å². The van der Waals surface area contributed by atoms with E-state index in [1.54, 1.807) is 20.0 Å². The molecule has 10 nitrogen and oxygen atoms in total. The van der Waals surface area contributed by atoms with Crippen molar-refractivity contribution in [1.82, 2.24) is 21.1 Å².